The Labute approximate surface area is 235 Å². The van der Waals surface area contributed by atoms with Crippen LogP contribution in [0, 0.1) is 0 Å². The maximum Gasteiger partial charge on any atom is 0.162 e. The number of fused-ring (bicyclic) bond motifs is 1. The van der Waals surface area contributed by atoms with Crippen LogP contribution in [-0.4, -0.2) is 49.9 Å². The largest absolute Gasteiger partial charge is 0.508 e. The summed E-state index contributed by atoms with van der Waals surface area (Å²) in [6.45, 7) is 11.8. The molecule has 0 aromatic heterocycles. The standard InChI is InChI=1S/C34H46N2O3/c1-8-36(23-25-11-9-24(10-12-25)17-18-35(5)34(2,3)4)31-22-33(39-7)32(38-6)21-30(31)28-14-13-27-20-29(37)16-15-26(27)19-28/h9-12,15-16,20-22,28,37H,8,13-14,17-19,23H2,1-7H3/t28-/m1/s1. The maximum atomic E-state index is 9.95. The SMILES string of the molecule is CCN(Cc1ccc(CCN(C)C(C)(C)C)cc1)c1cc(OC)c(OC)cc1[C@@H]1CCc2cc(O)ccc2C1. The van der Waals surface area contributed by atoms with Crippen molar-refractivity contribution in [2.24, 2.45) is 0 Å². The molecule has 0 unspecified atom stereocenters. The topological polar surface area (TPSA) is 45.2 Å². The molecule has 0 fully saturated rings. The van der Waals surface area contributed by atoms with Crippen molar-refractivity contribution in [3.63, 3.8) is 0 Å². The summed E-state index contributed by atoms with van der Waals surface area (Å²) in [6.07, 6.45) is 3.99. The predicted molar refractivity (Wildman–Crippen MR) is 162 cm³/mol. The molecule has 1 atom stereocenters. The van der Waals surface area contributed by atoms with Crippen LogP contribution in [0.2, 0.25) is 0 Å². The zero-order valence-corrected chi connectivity index (χ0v) is 24.9. The van der Waals surface area contributed by atoms with Gasteiger partial charge in [-0.2, -0.15) is 0 Å². The van der Waals surface area contributed by atoms with Crippen molar-refractivity contribution in [3.05, 3.63) is 82.4 Å². The first-order valence-electron chi connectivity index (χ1n) is 14.2. The molecule has 0 heterocycles. The molecule has 210 valence electrons. The summed E-state index contributed by atoms with van der Waals surface area (Å²) in [5.41, 5.74) is 7.94. The van der Waals surface area contributed by atoms with Crippen LogP contribution in [-0.2, 0) is 25.8 Å². The number of hydrogen-bond acceptors (Lipinski definition) is 5. The lowest BCUT2D eigenvalue weighted by Gasteiger charge is -2.32. The van der Waals surface area contributed by atoms with E-state index in [2.05, 4.69) is 87.0 Å². The highest BCUT2D eigenvalue weighted by atomic mass is 16.5. The zero-order valence-electron chi connectivity index (χ0n) is 24.9. The molecule has 0 aliphatic heterocycles. The summed E-state index contributed by atoms with van der Waals surface area (Å²) in [6, 6.07) is 19.3. The molecular weight excluding hydrogens is 484 g/mol. The summed E-state index contributed by atoms with van der Waals surface area (Å²) in [5, 5.41) is 9.95. The van der Waals surface area contributed by atoms with Crippen LogP contribution < -0.4 is 14.4 Å². The van der Waals surface area contributed by atoms with Gasteiger partial charge >= 0.3 is 0 Å². The molecule has 0 spiro atoms. The van der Waals surface area contributed by atoms with Gasteiger partial charge < -0.3 is 24.4 Å². The average molecular weight is 531 g/mol. The molecule has 0 amide bonds. The third kappa shape index (κ3) is 6.88. The van der Waals surface area contributed by atoms with E-state index in [4.69, 9.17) is 9.47 Å². The number of nitrogens with zero attached hydrogens (tertiary/aromatic N) is 2. The van der Waals surface area contributed by atoms with Gasteiger partial charge in [0.05, 0.1) is 14.2 Å². The third-order valence-electron chi connectivity index (χ3n) is 8.39. The molecule has 5 nitrogen and oxygen atoms in total. The highest BCUT2D eigenvalue weighted by Gasteiger charge is 2.26. The molecule has 39 heavy (non-hydrogen) atoms. The second-order valence-electron chi connectivity index (χ2n) is 11.8. The van der Waals surface area contributed by atoms with Crippen LogP contribution in [0.4, 0.5) is 5.69 Å². The van der Waals surface area contributed by atoms with E-state index in [-0.39, 0.29) is 5.54 Å². The van der Waals surface area contributed by atoms with Gasteiger partial charge in [0.2, 0.25) is 0 Å². The number of ether oxygens (including phenoxy) is 2. The quantitative estimate of drug-likeness (QED) is 0.306. The first-order chi connectivity index (χ1) is 18.6. The maximum absolute atomic E-state index is 9.95. The summed E-state index contributed by atoms with van der Waals surface area (Å²) >= 11 is 0. The van der Waals surface area contributed by atoms with Crippen LogP contribution in [0.25, 0.3) is 0 Å². The number of hydrogen-bond donors (Lipinski definition) is 1. The Balaban J connectivity index is 1.58. The van der Waals surface area contributed by atoms with Gasteiger partial charge in [-0.15, -0.1) is 0 Å². The Kier molecular flexibility index (Phi) is 9.12. The van der Waals surface area contributed by atoms with Gasteiger partial charge in [0.15, 0.2) is 11.5 Å². The molecule has 1 aliphatic carbocycles. The molecule has 0 saturated heterocycles. The van der Waals surface area contributed by atoms with Crippen LogP contribution in [0.3, 0.4) is 0 Å². The number of aromatic hydroxyl groups is 1. The molecule has 0 radical (unpaired) electrons. The van der Waals surface area contributed by atoms with E-state index in [0.717, 1.165) is 56.8 Å². The van der Waals surface area contributed by atoms with Crippen molar-refractivity contribution in [1.82, 2.24) is 4.90 Å². The highest BCUT2D eigenvalue weighted by molar-refractivity contribution is 5.64. The number of likely N-dealkylation sites (N-methyl/N-ethyl adjacent to an activating group) is 1. The number of rotatable bonds is 10. The van der Waals surface area contributed by atoms with Crippen LogP contribution in [0.5, 0.6) is 17.2 Å². The van der Waals surface area contributed by atoms with Crippen molar-refractivity contribution >= 4 is 5.69 Å². The zero-order chi connectivity index (χ0) is 28.2. The molecule has 0 bridgehead atoms. The average Bonchev–Trinajstić information content (AvgIpc) is 2.93. The molecule has 4 rings (SSSR count). The van der Waals surface area contributed by atoms with Gasteiger partial charge in [-0.25, -0.2) is 0 Å². The Morgan fingerprint density at radius 1 is 0.897 bits per heavy atom. The number of phenolic OH excluding ortho intramolecular Hbond substituents is 1. The fraction of sp³-hybridized carbons (Fsp3) is 0.471. The van der Waals surface area contributed by atoms with Gasteiger partial charge in [0.25, 0.3) is 0 Å². The molecule has 1 N–H and O–H groups in total. The summed E-state index contributed by atoms with van der Waals surface area (Å²) in [4.78, 5) is 4.86. The molecule has 0 saturated carbocycles. The molecule has 3 aromatic rings. The van der Waals surface area contributed by atoms with E-state index in [0.29, 0.717) is 11.7 Å². The van der Waals surface area contributed by atoms with Crippen molar-refractivity contribution in [2.45, 2.75) is 71.4 Å². The minimum atomic E-state index is 0.181. The lowest BCUT2D eigenvalue weighted by molar-refractivity contribution is 0.178. The Morgan fingerprint density at radius 2 is 1.56 bits per heavy atom. The smallest absolute Gasteiger partial charge is 0.162 e. The van der Waals surface area contributed by atoms with Crippen LogP contribution in [0.15, 0.2) is 54.6 Å². The third-order valence-corrected chi connectivity index (χ3v) is 8.39. The van der Waals surface area contributed by atoms with Gasteiger partial charge in [-0.3, -0.25) is 0 Å². The number of aryl methyl sites for hydroxylation is 1. The minimum Gasteiger partial charge on any atom is -0.508 e. The number of anilines is 1. The Hall–Kier alpha value is -3.18. The van der Waals surface area contributed by atoms with E-state index in [1.54, 1.807) is 20.3 Å². The Morgan fingerprint density at radius 3 is 2.21 bits per heavy atom. The number of methoxy groups -OCH3 is 2. The lowest BCUT2D eigenvalue weighted by atomic mass is 9.79. The molecular formula is C34H46N2O3. The normalized spacial score (nSPS) is 15.2. The second-order valence-corrected chi connectivity index (χ2v) is 11.8. The molecule has 3 aromatic carbocycles. The van der Waals surface area contributed by atoms with E-state index >= 15 is 0 Å². The van der Waals surface area contributed by atoms with Crippen molar-refractivity contribution in [2.75, 3.05) is 39.3 Å². The number of benzene rings is 3. The second kappa shape index (κ2) is 12.3. The van der Waals surface area contributed by atoms with E-state index < -0.39 is 0 Å². The highest BCUT2D eigenvalue weighted by Crippen LogP contribution is 2.43. The fourth-order valence-corrected chi connectivity index (χ4v) is 5.52. The molecule has 1 aliphatic rings. The molecule has 5 heteroatoms. The summed E-state index contributed by atoms with van der Waals surface area (Å²) < 4.78 is 11.5. The van der Waals surface area contributed by atoms with Gasteiger partial charge in [0, 0.05) is 36.9 Å². The summed E-state index contributed by atoms with van der Waals surface area (Å²) in [5.74, 6) is 2.25. The first-order valence-corrected chi connectivity index (χ1v) is 14.2. The van der Waals surface area contributed by atoms with E-state index in [1.165, 1.54) is 33.5 Å². The summed E-state index contributed by atoms with van der Waals surface area (Å²) in [7, 11) is 5.61. The number of phenols is 1. The predicted octanol–water partition coefficient (Wildman–Crippen LogP) is 6.98. The van der Waals surface area contributed by atoms with Crippen molar-refractivity contribution in [1.29, 1.82) is 0 Å². The van der Waals surface area contributed by atoms with Crippen molar-refractivity contribution in [3.8, 4) is 17.2 Å². The van der Waals surface area contributed by atoms with Gasteiger partial charge in [-0.1, -0.05) is 30.3 Å². The van der Waals surface area contributed by atoms with Gasteiger partial charge in [0.1, 0.15) is 5.75 Å². The van der Waals surface area contributed by atoms with Crippen LogP contribution >= 0.6 is 0 Å². The first kappa shape index (κ1) is 28.8. The minimum absolute atomic E-state index is 0.181. The lowest BCUT2D eigenvalue weighted by Crippen LogP contribution is -2.39. The van der Waals surface area contributed by atoms with Crippen molar-refractivity contribution < 1.29 is 14.6 Å². The van der Waals surface area contributed by atoms with E-state index in [1.807, 2.05) is 6.07 Å². The van der Waals surface area contributed by atoms with Crippen LogP contribution in [0.1, 0.15) is 67.9 Å². The van der Waals surface area contributed by atoms with E-state index in [9.17, 15) is 5.11 Å². The Bertz CT molecular complexity index is 1250. The van der Waals surface area contributed by atoms with Gasteiger partial charge in [-0.05, 0) is 112 Å². The monoisotopic (exact) mass is 530 g/mol. The fourth-order valence-electron chi connectivity index (χ4n) is 5.52.